The SMILES string of the molecule is O=C(O)c1ccc2ncc(-c3ccc4nc[nH]c4c3)cc2c1. The van der Waals surface area contributed by atoms with Crippen molar-refractivity contribution in [2.75, 3.05) is 0 Å². The lowest BCUT2D eigenvalue weighted by Crippen LogP contribution is -1.95. The van der Waals surface area contributed by atoms with E-state index in [-0.39, 0.29) is 5.56 Å². The monoisotopic (exact) mass is 289 g/mol. The molecule has 0 amide bonds. The molecule has 22 heavy (non-hydrogen) atoms. The molecule has 2 aromatic heterocycles. The van der Waals surface area contributed by atoms with Crippen LogP contribution in [0.3, 0.4) is 0 Å². The Morgan fingerprint density at radius 3 is 2.68 bits per heavy atom. The van der Waals surface area contributed by atoms with Gasteiger partial charge in [0.1, 0.15) is 0 Å². The van der Waals surface area contributed by atoms with Crippen molar-refractivity contribution in [3.8, 4) is 11.1 Å². The molecule has 106 valence electrons. The van der Waals surface area contributed by atoms with Gasteiger partial charge < -0.3 is 10.1 Å². The number of H-pyrrole nitrogens is 1. The third-order valence-electron chi connectivity index (χ3n) is 3.68. The highest BCUT2D eigenvalue weighted by Gasteiger charge is 2.07. The highest BCUT2D eigenvalue weighted by molar-refractivity contribution is 5.94. The summed E-state index contributed by atoms with van der Waals surface area (Å²) in [6, 6.07) is 12.8. The summed E-state index contributed by atoms with van der Waals surface area (Å²) in [4.78, 5) is 22.8. The number of carboxylic acids is 1. The van der Waals surface area contributed by atoms with E-state index in [4.69, 9.17) is 5.11 Å². The first kappa shape index (κ1) is 12.5. The highest BCUT2D eigenvalue weighted by atomic mass is 16.4. The van der Waals surface area contributed by atoms with Gasteiger partial charge >= 0.3 is 5.97 Å². The fourth-order valence-corrected chi connectivity index (χ4v) is 2.54. The Kier molecular flexibility index (Phi) is 2.66. The maximum absolute atomic E-state index is 11.1. The zero-order valence-electron chi connectivity index (χ0n) is 11.4. The molecule has 4 aromatic rings. The number of aromatic carboxylic acids is 1. The number of carboxylic acid groups (broad SMARTS) is 1. The molecule has 4 rings (SSSR count). The number of carbonyl (C=O) groups is 1. The summed E-state index contributed by atoms with van der Waals surface area (Å²) in [5, 5.41) is 9.90. The lowest BCUT2D eigenvalue weighted by atomic mass is 10.0. The van der Waals surface area contributed by atoms with Crippen LogP contribution in [0.25, 0.3) is 33.1 Å². The molecule has 0 fully saturated rings. The number of pyridine rings is 1. The number of nitrogens with one attached hydrogen (secondary N) is 1. The summed E-state index contributed by atoms with van der Waals surface area (Å²) in [5.74, 6) is -0.939. The fraction of sp³-hybridized carbons (Fsp3) is 0. The molecule has 2 N–H and O–H groups in total. The van der Waals surface area contributed by atoms with E-state index in [0.29, 0.717) is 0 Å². The molecule has 2 heterocycles. The maximum Gasteiger partial charge on any atom is 0.335 e. The predicted octanol–water partition coefficient (Wildman–Crippen LogP) is 3.48. The molecule has 0 unspecified atom stereocenters. The maximum atomic E-state index is 11.1. The lowest BCUT2D eigenvalue weighted by Gasteiger charge is -2.05. The molecule has 0 aliphatic heterocycles. The van der Waals surface area contributed by atoms with E-state index in [1.165, 1.54) is 0 Å². The van der Waals surface area contributed by atoms with Crippen molar-refractivity contribution in [2.24, 2.45) is 0 Å². The van der Waals surface area contributed by atoms with Crippen LogP contribution in [0.2, 0.25) is 0 Å². The van der Waals surface area contributed by atoms with Gasteiger partial charge in [-0.05, 0) is 42.0 Å². The minimum atomic E-state index is -0.939. The lowest BCUT2D eigenvalue weighted by molar-refractivity contribution is 0.0697. The topological polar surface area (TPSA) is 78.9 Å². The third kappa shape index (κ3) is 2.00. The average molecular weight is 289 g/mol. The number of benzene rings is 2. The van der Waals surface area contributed by atoms with Gasteiger partial charge in [0.05, 0.1) is 28.4 Å². The van der Waals surface area contributed by atoms with Crippen molar-refractivity contribution >= 4 is 27.9 Å². The molecular weight excluding hydrogens is 278 g/mol. The Morgan fingerprint density at radius 2 is 1.82 bits per heavy atom. The molecule has 0 atom stereocenters. The van der Waals surface area contributed by atoms with Crippen LogP contribution in [0.1, 0.15) is 10.4 Å². The van der Waals surface area contributed by atoms with Gasteiger partial charge in [-0.25, -0.2) is 9.78 Å². The normalized spacial score (nSPS) is 11.1. The molecule has 5 heteroatoms. The Balaban J connectivity index is 1.88. The number of aromatic nitrogens is 3. The molecule has 0 aliphatic rings. The molecule has 0 radical (unpaired) electrons. The molecule has 0 spiro atoms. The standard InChI is InChI=1S/C17H11N3O2/c21-17(22)11-2-3-14-12(5-11)6-13(8-18-14)10-1-4-15-16(7-10)20-9-19-15/h1-9H,(H,19,20)(H,21,22). The van der Waals surface area contributed by atoms with Crippen LogP contribution in [-0.2, 0) is 0 Å². The van der Waals surface area contributed by atoms with Gasteiger partial charge in [-0.3, -0.25) is 4.98 Å². The summed E-state index contributed by atoms with van der Waals surface area (Å²) in [6.45, 7) is 0. The minimum absolute atomic E-state index is 0.260. The van der Waals surface area contributed by atoms with Gasteiger partial charge in [-0.1, -0.05) is 6.07 Å². The summed E-state index contributed by atoms with van der Waals surface area (Å²) < 4.78 is 0. The van der Waals surface area contributed by atoms with Crippen molar-refractivity contribution in [1.29, 1.82) is 0 Å². The Labute approximate surface area is 125 Å². The Morgan fingerprint density at radius 1 is 0.955 bits per heavy atom. The number of rotatable bonds is 2. The summed E-state index contributed by atoms with van der Waals surface area (Å²) in [7, 11) is 0. The van der Waals surface area contributed by atoms with Gasteiger partial charge in [0.25, 0.3) is 0 Å². The number of aromatic amines is 1. The van der Waals surface area contributed by atoms with Crippen LogP contribution in [0.5, 0.6) is 0 Å². The Bertz CT molecular complexity index is 1020. The molecule has 0 bridgehead atoms. The smallest absolute Gasteiger partial charge is 0.335 e. The molecule has 2 aromatic carbocycles. The second kappa shape index (κ2) is 4.66. The van der Waals surface area contributed by atoms with E-state index in [0.717, 1.165) is 33.1 Å². The largest absolute Gasteiger partial charge is 0.478 e. The fourth-order valence-electron chi connectivity index (χ4n) is 2.54. The van der Waals surface area contributed by atoms with Gasteiger partial charge in [0.2, 0.25) is 0 Å². The number of hydrogen-bond acceptors (Lipinski definition) is 3. The summed E-state index contributed by atoms with van der Waals surface area (Å²) >= 11 is 0. The van der Waals surface area contributed by atoms with E-state index in [2.05, 4.69) is 15.0 Å². The van der Waals surface area contributed by atoms with Crippen LogP contribution >= 0.6 is 0 Å². The van der Waals surface area contributed by atoms with E-state index < -0.39 is 5.97 Å². The van der Waals surface area contributed by atoms with E-state index in [1.54, 1.807) is 30.7 Å². The highest BCUT2D eigenvalue weighted by Crippen LogP contribution is 2.25. The number of hydrogen-bond donors (Lipinski definition) is 2. The minimum Gasteiger partial charge on any atom is -0.478 e. The molecule has 0 aliphatic carbocycles. The second-order valence-corrected chi connectivity index (χ2v) is 5.07. The van der Waals surface area contributed by atoms with Crippen LogP contribution in [0, 0.1) is 0 Å². The van der Waals surface area contributed by atoms with Gasteiger partial charge in [0, 0.05) is 17.1 Å². The van der Waals surface area contributed by atoms with Gasteiger partial charge in [-0.2, -0.15) is 0 Å². The Hall–Kier alpha value is -3.21. The van der Waals surface area contributed by atoms with Crippen LogP contribution in [-0.4, -0.2) is 26.0 Å². The average Bonchev–Trinajstić information content (AvgIpc) is 3.01. The first-order valence-corrected chi connectivity index (χ1v) is 6.77. The van der Waals surface area contributed by atoms with Crippen molar-refractivity contribution in [2.45, 2.75) is 0 Å². The number of nitrogens with zero attached hydrogens (tertiary/aromatic N) is 2. The van der Waals surface area contributed by atoms with Crippen LogP contribution < -0.4 is 0 Å². The second-order valence-electron chi connectivity index (χ2n) is 5.07. The quantitative estimate of drug-likeness (QED) is 0.592. The molecule has 0 saturated heterocycles. The number of imidazole rings is 1. The van der Waals surface area contributed by atoms with Crippen molar-refractivity contribution < 1.29 is 9.90 Å². The van der Waals surface area contributed by atoms with Crippen molar-refractivity contribution in [3.05, 3.63) is 60.6 Å². The predicted molar refractivity (Wildman–Crippen MR) is 83.8 cm³/mol. The zero-order chi connectivity index (χ0) is 15.1. The third-order valence-corrected chi connectivity index (χ3v) is 3.68. The first-order valence-electron chi connectivity index (χ1n) is 6.77. The molecular formula is C17H11N3O2. The van der Waals surface area contributed by atoms with Crippen LogP contribution in [0.15, 0.2) is 55.0 Å². The zero-order valence-corrected chi connectivity index (χ0v) is 11.4. The molecule has 0 saturated carbocycles. The van der Waals surface area contributed by atoms with Gasteiger partial charge in [-0.15, -0.1) is 0 Å². The van der Waals surface area contributed by atoms with E-state index in [9.17, 15) is 4.79 Å². The van der Waals surface area contributed by atoms with Crippen molar-refractivity contribution in [3.63, 3.8) is 0 Å². The van der Waals surface area contributed by atoms with E-state index >= 15 is 0 Å². The van der Waals surface area contributed by atoms with Crippen LogP contribution in [0.4, 0.5) is 0 Å². The molecule has 5 nitrogen and oxygen atoms in total. The van der Waals surface area contributed by atoms with Crippen molar-refractivity contribution in [1.82, 2.24) is 15.0 Å². The van der Waals surface area contributed by atoms with E-state index in [1.807, 2.05) is 24.3 Å². The summed E-state index contributed by atoms with van der Waals surface area (Å²) in [6.07, 6.45) is 3.45. The van der Waals surface area contributed by atoms with Gasteiger partial charge in [0.15, 0.2) is 0 Å². The first-order chi connectivity index (χ1) is 10.7. The summed E-state index contributed by atoms with van der Waals surface area (Å²) in [5.41, 5.74) is 4.84. The number of fused-ring (bicyclic) bond motifs is 2.